The van der Waals surface area contributed by atoms with Crippen molar-refractivity contribution < 1.29 is 19.7 Å². The van der Waals surface area contributed by atoms with Crippen molar-refractivity contribution in [3.63, 3.8) is 0 Å². The second kappa shape index (κ2) is 14.4. The maximum absolute atomic E-state index is 9.99. The molecule has 0 radical (unpaired) electrons. The number of nitrogen functional groups attached to an aromatic ring is 1. The molecule has 0 unspecified atom stereocenters. The molecule has 0 spiro atoms. The molecule has 0 aliphatic rings. The van der Waals surface area contributed by atoms with E-state index >= 15 is 0 Å². The number of benzene rings is 1. The first-order valence-electron chi connectivity index (χ1n) is 5.14. The van der Waals surface area contributed by atoms with Crippen molar-refractivity contribution in [3.8, 4) is 5.75 Å². The van der Waals surface area contributed by atoms with Gasteiger partial charge in [0.05, 0.1) is 6.61 Å². The normalized spacial score (nSPS) is 8.00. The number of ether oxygens (including phenoxy) is 1. The van der Waals surface area contributed by atoms with Crippen molar-refractivity contribution >= 4 is 12.0 Å². The first kappa shape index (κ1) is 17.8. The number of hydrogen-bond acceptors (Lipinski definition) is 5. The Balaban J connectivity index is 0. The Morgan fingerprint density at radius 1 is 1.18 bits per heavy atom. The first-order valence-corrected chi connectivity index (χ1v) is 5.14. The second-order valence-corrected chi connectivity index (χ2v) is 2.73. The van der Waals surface area contributed by atoms with Gasteiger partial charge in [0.1, 0.15) is 12.0 Å². The Hall–Kier alpha value is -1.59. The van der Waals surface area contributed by atoms with Gasteiger partial charge in [-0.3, -0.25) is 0 Å². The molecule has 0 heterocycles. The number of carbonyl (C=O) groups is 1. The Morgan fingerprint density at radius 2 is 1.71 bits per heavy atom. The molecular weight excluding hydrogens is 222 g/mol. The Morgan fingerprint density at radius 3 is 2.18 bits per heavy atom. The van der Waals surface area contributed by atoms with Crippen LogP contribution in [0.4, 0.5) is 5.69 Å². The molecule has 0 fully saturated rings. The van der Waals surface area contributed by atoms with Crippen LogP contribution in [0.25, 0.3) is 0 Å². The number of nitrogens with two attached hydrogens (primary N) is 1. The highest BCUT2D eigenvalue weighted by Gasteiger charge is 1.92. The van der Waals surface area contributed by atoms with E-state index in [1.165, 1.54) is 0 Å². The summed E-state index contributed by atoms with van der Waals surface area (Å²) in [6.45, 7) is 0.572. The summed E-state index contributed by atoms with van der Waals surface area (Å²) in [6.07, 6.45) is 2.20. The van der Waals surface area contributed by atoms with Gasteiger partial charge in [-0.25, -0.2) is 0 Å². The van der Waals surface area contributed by atoms with Crippen molar-refractivity contribution in [2.75, 3.05) is 26.6 Å². The second-order valence-electron chi connectivity index (χ2n) is 2.73. The van der Waals surface area contributed by atoms with E-state index in [9.17, 15) is 4.79 Å². The number of aliphatic hydroxyl groups excluding tert-OH is 2. The van der Waals surface area contributed by atoms with Gasteiger partial charge in [0.2, 0.25) is 0 Å². The van der Waals surface area contributed by atoms with Crippen LogP contribution < -0.4 is 10.5 Å². The highest BCUT2D eigenvalue weighted by molar-refractivity contribution is 5.49. The van der Waals surface area contributed by atoms with Crippen LogP contribution in [0.5, 0.6) is 5.75 Å². The minimum absolute atomic E-state index is 0.551. The molecule has 0 amide bonds. The zero-order valence-electron chi connectivity index (χ0n) is 10.3. The van der Waals surface area contributed by atoms with Gasteiger partial charge < -0.3 is 25.5 Å². The summed E-state index contributed by atoms with van der Waals surface area (Å²) in [7, 11) is 2.00. The predicted octanol–water partition coefficient (Wildman–Crippen LogP) is 0.844. The van der Waals surface area contributed by atoms with Gasteiger partial charge in [-0.1, -0.05) is 0 Å². The Kier molecular flexibility index (Phi) is 15.1. The number of aliphatic hydroxyl groups is 2. The van der Waals surface area contributed by atoms with Crippen LogP contribution >= 0.6 is 0 Å². The molecule has 1 rings (SSSR count). The number of carbonyl (C=O) groups excluding carboxylic acids is 1. The molecule has 5 heteroatoms. The van der Waals surface area contributed by atoms with E-state index in [2.05, 4.69) is 0 Å². The third kappa shape index (κ3) is 10.7. The van der Waals surface area contributed by atoms with Crippen molar-refractivity contribution in [1.29, 1.82) is 0 Å². The van der Waals surface area contributed by atoms with Crippen molar-refractivity contribution in [1.82, 2.24) is 0 Å². The summed E-state index contributed by atoms with van der Waals surface area (Å²) in [5.74, 6) is 0.792. The quantitative estimate of drug-likeness (QED) is 0.405. The summed E-state index contributed by atoms with van der Waals surface area (Å²) in [6, 6.07) is 7.20. The average Bonchev–Trinajstić information content (AvgIpc) is 2.41. The number of unbranched alkanes of at least 4 members (excludes halogenated alkanes) is 1. The summed E-state index contributed by atoms with van der Waals surface area (Å²) >= 11 is 0. The molecule has 0 atom stereocenters. The van der Waals surface area contributed by atoms with Gasteiger partial charge in [0, 0.05) is 26.3 Å². The number of anilines is 1. The lowest BCUT2D eigenvalue weighted by molar-refractivity contribution is -0.108. The van der Waals surface area contributed by atoms with Crippen LogP contribution in [-0.2, 0) is 4.79 Å². The zero-order valence-corrected chi connectivity index (χ0v) is 10.3. The van der Waals surface area contributed by atoms with Gasteiger partial charge >= 0.3 is 0 Å². The molecule has 1 aromatic carbocycles. The molecular formula is C12H21NO4. The van der Waals surface area contributed by atoms with Gasteiger partial charge in [0.25, 0.3) is 0 Å². The molecule has 4 N–H and O–H groups in total. The highest BCUT2D eigenvalue weighted by Crippen LogP contribution is 2.13. The summed E-state index contributed by atoms with van der Waals surface area (Å²) in [5, 5.41) is 14.0. The number of hydrogen-bond donors (Lipinski definition) is 3. The van der Waals surface area contributed by atoms with E-state index in [1.54, 1.807) is 12.1 Å². The van der Waals surface area contributed by atoms with E-state index in [1.807, 2.05) is 12.1 Å². The molecule has 0 saturated heterocycles. The molecule has 0 aliphatic carbocycles. The van der Waals surface area contributed by atoms with Crippen LogP contribution in [0.3, 0.4) is 0 Å². The predicted molar refractivity (Wildman–Crippen MR) is 67.9 cm³/mol. The number of aldehydes is 1. The first-order chi connectivity index (χ1) is 8.33. The monoisotopic (exact) mass is 243 g/mol. The fourth-order valence-electron chi connectivity index (χ4n) is 0.921. The van der Waals surface area contributed by atoms with Crippen molar-refractivity contribution in [3.05, 3.63) is 24.3 Å². The smallest absolute Gasteiger partial charge is 0.120 e. The molecule has 0 saturated carbocycles. The third-order valence-electron chi connectivity index (χ3n) is 1.62. The van der Waals surface area contributed by atoms with Crippen LogP contribution in [0.1, 0.15) is 12.8 Å². The molecule has 0 aliphatic heterocycles. The van der Waals surface area contributed by atoms with E-state index in [-0.39, 0.29) is 0 Å². The Labute approximate surface area is 102 Å². The minimum Gasteiger partial charge on any atom is -0.494 e. The van der Waals surface area contributed by atoms with E-state index in [4.69, 9.17) is 20.7 Å². The highest BCUT2D eigenvalue weighted by atomic mass is 16.5. The van der Waals surface area contributed by atoms with Crippen molar-refractivity contribution in [2.24, 2.45) is 0 Å². The van der Waals surface area contributed by atoms with Crippen LogP contribution in [0, 0.1) is 0 Å². The van der Waals surface area contributed by atoms with Gasteiger partial charge in [-0.2, -0.15) is 0 Å². The summed E-state index contributed by atoms with van der Waals surface area (Å²) in [5.41, 5.74) is 6.22. The van der Waals surface area contributed by atoms with Crippen LogP contribution in [0.2, 0.25) is 0 Å². The maximum Gasteiger partial charge on any atom is 0.120 e. The lowest BCUT2D eigenvalue weighted by Gasteiger charge is -2.04. The topological polar surface area (TPSA) is 92.8 Å². The lowest BCUT2D eigenvalue weighted by atomic mass is 10.3. The molecule has 0 aromatic heterocycles. The van der Waals surface area contributed by atoms with E-state index in [0.29, 0.717) is 13.0 Å². The van der Waals surface area contributed by atoms with Crippen LogP contribution in [-0.4, -0.2) is 37.3 Å². The van der Waals surface area contributed by atoms with Gasteiger partial charge in [-0.05, 0) is 30.7 Å². The molecule has 0 bridgehead atoms. The largest absolute Gasteiger partial charge is 0.494 e. The third-order valence-corrected chi connectivity index (χ3v) is 1.62. The van der Waals surface area contributed by atoms with Gasteiger partial charge in [0.15, 0.2) is 0 Å². The molecule has 1 aromatic rings. The van der Waals surface area contributed by atoms with Gasteiger partial charge in [-0.15, -0.1) is 0 Å². The fourth-order valence-corrected chi connectivity index (χ4v) is 0.921. The zero-order chi connectivity index (χ0) is 13.5. The standard InChI is InChI=1S/C10H13NO2.2CH4O/c11-9-3-5-10(6-4-9)13-8-2-1-7-12;2*1-2/h3-7H,1-2,8,11H2;2*2H,1H3. The molecule has 98 valence electrons. The van der Waals surface area contributed by atoms with E-state index < -0.39 is 0 Å². The fraction of sp³-hybridized carbons (Fsp3) is 0.417. The van der Waals surface area contributed by atoms with Crippen molar-refractivity contribution in [2.45, 2.75) is 12.8 Å². The minimum atomic E-state index is 0.551. The Bertz CT molecular complexity index is 262. The summed E-state index contributed by atoms with van der Waals surface area (Å²) < 4.78 is 5.35. The maximum atomic E-state index is 9.99. The summed E-state index contributed by atoms with van der Waals surface area (Å²) in [4.78, 5) is 9.99. The number of rotatable bonds is 5. The van der Waals surface area contributed by atoms with E-state index in [0.717, 1.165) is 38.4 Å². The molecule has 17 heavy (non-hydrogen) atoms. The molecule has 5 nitrogen and oxygen atoms in total. The van der Waals surface area contributed by atoms with Crippen LogP contribution in [0.15, 0.2) is 24.3 Å². The average molecular weight is 243 g/mol. The lowest BCUT2D eigenvalue weighted by Crippen LogP contribution is -1.97. The SMILES string of the molecule is CO.CO.Nc1ccc(OCCCC=O)cc1.